The fraction of sp³-hybridized carbons (Fsp3) is 0.0769. The Morgan fingerprint density at radius 3 is 2.56 bits per heavy atom. The third kappa shape index (κ3) is 2.86. The molecule has 0 spiro atoms. The minimum Gasteiger partial charge on any atom is -0.454 e. The highest BCUT2D eigenvalue weighted by Gasteiger charge is 2.09. The fourth-order valence-electron chi connectivity index (χ4n) is 1.45. The van der Waals surface area contributed by atoms with E-state index < -0.39 is 11.6 Å². The normalized spacial score (nSPS) is 10.4. The maximum Gasteiger partial charge on any atom is 0.165 e. The first-order valence-electron chi connectivity index (χ1n) is 5.12. The van der Waals surface area contributed by atoms with Crippen molar-refractivity contribution < 1.29 is 18.6 Å². The average Bonchev–Trinajstić information content (AvgIpc) is 2.36. The number of aliphatic hydroxyl groups excluding tert-OH is 1. The van der Waals surface area contributed by atoms with Gasteiger partial charge in [-0.2, -0.15) is 0 Å². The molecule has 0 amide bonds. The van der Waals surface area contributed by atoms with Crippen LogP contribution in [-0.2, 0) is 6.61 Å². The summed E-state index contributed by atoms with van der Waals surface area (Å²) in [6.45, 7) is -0.258. The van der Waals surface area contributed by atoms with E-state index in [1.165, 1.54) is 0 Å². The lowest BCUT2D eigenvalue weighted by molar-refractivity contribution is 0.276. The summed E-state index contributed by atoms with van der Waals surface area (Å²) in [5, 5.41) is 9.18. The third-order valence-electron chi connectivity index (χ3n) is 2.31. The zero-order valence-electron chi connectivity index (χ0n) is 9.16. The molecule has 0 radical (unpaired) electrons. The average molecular weight is 315 g/mol. The summed E-state index contributed by atoms with van der Waals surface area (Å²) in [4.78, 5) is 0. The lowest BCUT2D eigenvalue weighted by Gasteiger charge is -2.10. The number of hydrogen-bond acceptors (Lipinski definition) is 2. The Bertz CT molecular complexity index is 573. The van der Waals surface area contributed by atoms with Gasteiger partial charge in [-0.05, 0) is 30.3 Å². The molecular formula is C13H9BrF2O2. The van der Waals surface area contributed by atoms with E-state index >= 15 is 0 Å². The van der Waals surface area contributed by atoms with Gasteiger partial charge in [0.25, 0.3) is 0 Å². The number of halogens is 3. The van der Waals surface area contributed by atoms with Gasteiger partial charge in [-0.25, -0.2) is 8.78 Å². The molecule has 0 aliphatic carbocycles. The van der Waals surface area contributed by atoms with Crippen molar-refractivity contribution in [2.45, 2.75) is 6.61 Å². The van der Waals surface area contributed by atoms with Gasteiger partial charge in [-0.1, -0.05) is 15.9 Å². The van der Waals surface area contributed by atoms with Gasteiger partial charge in [0.1, 0.15) is 11.6 Å². The van der Waals surface area contributed by atoms with Gasteiger partial charge in [-0.15, -0.1) is 0 Å². The number of rotatable bonds is 3. The van der Waals surface area contributed by atoms with Gasteiger partial charge in [0.15, 0.2) is 11.6 Å². The van der Waals surface area contributed by atoms with Crippen LogP contribution in [0.2, 0.25) is 0 Å². The Balaban J connectivity index is 2.36. The molecule has 0 unspecified atom stereocenters. The Kier molecular flexibility index (Phi) is 3.93. The van der Waals surface area contributed by atoms with E-state index in [0.717, 1.165) is 22.7 Å². The first-order valence-corrected chi connectivity index (χ1v) is 5.91. The molecule has 0 heterocycles. The van der Waals surface area contributed by atoms with Crippen molar-refractivity contribution in [1.82, 2.24) is 0 Å². The Morgan fingerprint density at radius 2 is 1.83 bits per heavy atom. The second kappa shape index (κ2) is 5.46. The molecule has 0 saturated heterocycles. The van der Waals surface area contributed by atoms with Gasteiger partial charge in [0.2, 0.25) is 0 Å². The van der Waals surface area contributed by atoms with E-state index in [2.05, 4.69) is 15.9 Å². The summed E-state index contributed by atoms with van der Waals surface area (Å²) in [5.41, 5.74) is 0.480. The van der Waals surface area contributed by atoms with Crippen LogP contribution in [0.4, 0.5) is 8.78 Å². The van der Waals surface area contributed by atoms with Gasteiger partial charge >= 0.3 is 0 Å². The molecule has 2 aromatic carbocycles. The van der Waals surface area contributed by atoms with Gasteiger partial charge < -0.3 is 9.84 Å². The van der Waals surface area contributed by atoms with E-state index in [4.69, 9.17) is 4.74 Å². The van der Waals surface area contributed by atoms with Crippen LogP contribution in [0.1, 0.15) is 5.56 Å². The van der Waals surface area contributed by atoms with E-state index in [-0.39, 0.29) is 18.1 Å². The molecule has 0 aliphatic rings. The molecule has 0 atom stereocenters. The second-order valence-electron chi connectivity index (χ2n) is 3.59. The second-order valence-corrected chi connectivity index (χ2v) is 4.50. The molecule has 18 heavy (non-hydrogen) atoms. The summed E-state index contributed by atoms with van der Waals surface area (Å²) in [5.74, 6) is -1.19. The number of ether oxygens (including phenoxy) is 1. The first kappa shape index (κ1) is 13.0. The molecule has 5 heteroatoms. The molecule has 0 aliphatic heterocycles. The van der Waals surface area contributed by atoms with Crippen molar-refractivity contribution in [1.29, 1.82) is 0 Å². The molecule has 0 bridgehead atoms. The SMILES string of the molecule is OCc1cc(Br)ccc1Oc1cc(F)ccc1F. The van der Waals surface area contributed by atoms with Crippen molar-refractivity contribution in [2.24, 2.45) is 0 Å². The lowest BCUT2D eigenvalue weighted by atomic mass is 10.2. The zero-order chi connectivity index (χ0) is 13.1. The van der Waals surface area contributed by atoms with E-state index in [0.29, 0.717) is 5.56 Å². The van der Waals surface area contributed by atoms with E-state index in [1.807, 2.05) is 0 Å². The Morgan fingerprint density at radius 1 is 1.06 bits per heavy atom. The molecule has 1 N–H and O–H groups in total. The maximum atomic E-state index is 13.4. The standard InChI is InChI=1S/C13H9BrF2O2/c14-9-1-4-12(8(5-9)7-17)18-13-6-10(15)2-3-11(13)16/h1-6,17H,7H2. The minimum absolute atomic E-state index is 0.216. The lowest BCUT2D eigenvalue weighted by Crippen LogP contribution is -1.94. The Hall–Kier alpha value is -1.46. The minimum atomic E-state index is -0.664. The number of benzene rings is 2. The van der Waals surface area contributed by atoms with Crippen molar-refractivity contribution in [2.75, 3.05) is 0 Å². The quantitative estimate of drug-likeness (QED) is 0.927. The summed E-state index contributed by atoms with van der Waals surface area (Å²) in [6.07, 6.45) is 0. The molecule has 94 valence electrons. The highest BCUT2D eigenvalue weighted by Crippen LogP contribution is 2.30. The molecule has 0 fully saturated rings. The molecule has 0 aromatic heterocycles. The van der Waals surface area contributed by atoms with E-state index in [1.54, 1.807) is 18.2 Å². The van der Waals surface area contributed by atoms with Crippen LogP contribution in [0.3, 0.4) is 0 Å². The highest BCUT2D eigenvalue weighted by atomic mass is 79.9. The van der Waals surface area contributed by atoms with Crippen LogP contribution in [-0.4, -0.2) is 5.11 Å². The van der Waals surface area contributed by atoms with Crippen molar-refractivity contribution >= 4 is 15.9 Å². The maximum absolute atomic E-state index is 13.4. The fourth-order valence-corrected chi connectivity index (χ4v) is 1.85. The first-order chi connectivity index (χ1) is 8.60. The predicted octanol–water partition coefficient (Wildman–Crippen LogP) is 4.01. The van der Waals surface area contributed by atoms with Gasteiger partial charge in [0.05, 0.1) is 6.61 Å². The molecule has 2 nitrogen and oxygen atoms in total. The van der Waals surface area contributed by atoms with Gasteiger partial charge in [0, 0.05) is 16.1 Å². The molecular weight excluding hydrogens is 306 g/mol. The summed E-state index contributed by atoms with van der Waals surface area (Å²) >= 11 is 3.25. The third-order valence-corrected chi connectivity index (χ3v) is 2.80. The smallest absolute Gasteiger partial charge is 0.165 e. The van der Waals surface area contributed by atoms with Crippen molar-refractivity contribution in [3.8, 4) is 11.5 Å². The van der Waals surface area contributed by atoms with E-state index in [9.17, 15) is 13.9 Å². The summed E-state index contributed by atoms with van der Waals surface area (Å²) in [7, 11) is 0. The topological polar surface area (TPSA) is 29.5 Å². The summed E-state index contributed by atoms with van der Waals surface area (Å²) < 4.78 is 32.4. The largest absolute Gasteiger partial charge is 0.454 e. The van der Waals surface area contributed by atoms with Crippen molar-refractivity contribution in [3.05, 3.63) is 58.1 Å². The number of aliphatic hydroxyl groups is 1. The van der Waals surface area contributed by atoms with Crippen LogP contribution in [0.15, 0.2) is 40.9 Å². The van der Waals surface area contributed by atoms with Crippen LogP contribution in [0, 0.1) is 11.6 Å². The molecule has 0 saturated carbocycles. The number of hydrogen-bond donors (Lipinski definition) is 1. The molecule has 2 rings (SSSR count). The Labute approximate surface area is 111 Å². The molecule has 2 aromatic rings. The predicted molar refractivity (Wildman–Crippen MR) is 66.5 cm³/mol. The van der Waals surface area contributed by atoms with Crippen LogP contribution < -0.4 is 4.74 Å². The van der Waals surface area contributed by atoms with Crippen LogP contribution >= 0.6 is 15.9 Å². The monoisotopic (exact) mass is 314 g/mol. The highest BCUT2D eigenvalue weighted by molar-refractivity contribution is 9.10. The zero-order valence-corrected chi connectivity index (χ0v) is 10.7. The van der Waals surface area contributed by atoms with Crippen LogP contribution in [0.25, 0.3) is 0 Å². The van der Waals surface area contributed by atoms with Crippen LogP contribution in [0.5, 0.6) is 11.5 Å². The van der Waals surface area contributed by atoms with Crippen molar-refractivity contribution in [3.63, 3.8) is 0 Å². The van der Waals surface area contributed by atoms with Gasteiger partial charge in [-0.3, -0.25) is 0 Å². The summed E-state index contributed by atoms with van der Waals surface area (Å²) in [6, 6.07) is 7.86.